The van der Waals surface area contributed by atoms with E-state index in [0.717, 1.165) is 12.8 Å². The van der Waals surface area contributed by atoms with Gasteiger partial charge in [-0.2, -0.15) is 4.31 Å². The van der Waals surface area contributed by atoms with E-state index in [1.807, 2.05) is 18.2 Å². The van der Waals surface area contributed by atoms with Gasteiger partial charge in [-0.3, -0.25) is 0 Å². The molecule has 1 fully saturated rings. The number of hydrogen-bond donors (Lipinski definition) is 0. The molecule has 0 aromatic heterocycles. The van der Waals surface area contributed by atoms with Gasteiger partial charge in [-0.25, -0.2) is 12.8 Å². The number of benzene rings is 2. The van der Waals surface area contributed by atoms with Gasteiger partial charge in [-0.15, -0.1) is 0 Å². The van der Waals surface area contributed by atoms with E-state index in [4.69, 9.17) is 0 Å². The molecular formula is C17H17BrFNO2S. The van der Waals surface area contributed by atoms with Gasteiger partial charge in [-0.1, -0.05) is 30.3 Å². The van der Waals surface area contributed by atoms with Crippen LogP contribution in [0, 0.1) is 5.82 Å². The largest absolute Gasteiger partial charge is 0.243 e. The highest BCUT2D eigenvalue weighted by molar-refractivity contribution is 9.10. The van der Waals surface area contributed by atoms with Gasteiger partial charge < -0.3 is 0 Å². The molecule has 1 saturated heterocycles. The van der Waals surface area contributed by atoms with E-state index < -0.39 is 15.8 Å². The molecule has 0 bridgehead atoms. The summed E-state index contributed by atoms with van der Waals surface area (Å²) in [5, 5.41) is 0. The number of halogens is 2. The second kappa shape index (κ2) is 6.71. The second-order valence-electron chi connectivity index (χ2n) is 5.66. The third-order valence-corrected chi connectivity index (χ3v) is 6.76. The predicted octanol–water partition coefficient (Wildman–Crippen LogP) is 4.16. The van der Waals surface area contributed by atoms with Crippen molar-refractivity contribution in [3.8, 4) is 0 Å². The van der Waals surface area contributed by atoms with Crippen molar-refractivity contribution >= 4 is 26.0 Å². The third-order valence-electron chi connectivity index (χ3n) is 4.25. The Morgan fingerprint density at radius 3 is 2.30 bits per heavy atom. The topological polar surface area (TPSA) is 37.4 Å². The zero-order valence-electron chi connectivity index (χ0n) is 12.5. The van der Waals surface area contributed by atoms with Gasteiger partial charge in [0.1, 0.15) is 5.82 Å². The van der Waals surface area contributed by atoms with Crippen molar-refractivity contribution in [1.82, 2.24) is 4.31 Å². The molecule has 2 aromatic rings. The van der Waals surface area contributed by atoms with Gasteiger partial charge in [-0.05, 0) is 58.5 Å². The minimum Gasteiger partial charge on any atom is -0.207 e. The first-order valence-corrected chi connectivity index (χ1v) is 9.72. The van der Waals surface area contributed by atoms with Gasteiger partial charge in [0.05, 0.1) is 9.37 Å². The molecule has 1 aliphatic rings. The molecule has 0 amide bonds. The molecule has 0 aliphatic carbocycles. The Balaban J connectivity index is 1.75. The molecule has 0 radical (unpaired) electrons. The predicted molar refractivity (Wildman–Crippen MR) is 91.3 cm³/mol. The average Bonchev–Trinajstić information content (AvgIpc) is 2.58. The van der Waals surface area contributed by atoms with Gasteiger partial charge >= 0.3 is 0 Å². The van der Waals surface area contributed by atoms with E-state index in [1.165, 1.54) is 28.1 Å². The smallest absolute Gasteiger partial charge is 0.207 e. The molecule has 2 aromatic carbocycles. The molecule has 1 heterocycles. The van der Waals surface area contributed by atoms with E-state index >= 15 is 0 Å². The van der Waals surface area contributed by atoms with Crippen LogP contribution in [-0.4, -0.2) is 25.8 Å². The lowest BCUT2D eigenvalue weighted by atomic mass is 9.90. The standard InChI is InChI=1S/C17H17BrFNO2S/c18-16-12-15(6-7-17(16)19)23(21,22)20-10-8-14(9-11-20)13-4-2-1-3-5-13/h1-7,12,14H,8-11H2. The van der Waals surface area contributed by atoms with Gasteiger partial charge in [0.25, 0.3) is 0 Å². The van der Waals surface area contributed by atoms with Crippen molar-refractivity contribution in [2.24, 2.45) is 0 Å². The number of piperidine rings is 1. The second-order valence-corrected chi connectivity index (χ2v) is 8.46. The summed E-state index contributed by atoms with van der Waals surface area (Å²) in [4.78, 5) is 0.129. The lowest BCUT2D eigenvalue weighted by molar-refractivity contribution is 0.319. The fourth-order valence-corrected chi connectivity index (χ4v) is 4.97. The SMILES string of the molecule is O=S(=O)(c1ccc(F)c(Br)c1)N1CCC(c2ccccc2)CC1. The maximum Gasteiger partial charge on any atom is 0.243 e. The molecule has 6 heteroatoms. The zero-order valence-corrected chi connectivity index (χ0v) is 14.9. The number of nitrogens with zero attached hydrogens (tertiary/aromatic N) is 1. The van der Waals surface area contributed by atoms with Crippen LogP contribution in [0.15, 0.2) is 57.9 Å². The summed E-state index contributed by atoms with van der Waals surface area (Å²) in [6.07, 6.45) is 1.59. The summed E-state index contributed by atoms with van der Waals surface area (Å²) in [6, 6.07) is 14.0. The highest BCUT2D eigenvalue weighted by atomic mass is 79.9. The van der Waals surface area contributed by atoms with Crippen LogP contribution < -0.4 is 0 Å². The van der Waals surface area contributed by atoms with E-state index in [1.54, 1.807) is 0 Å². The third kappa shape index (κ3) is 3.49. The molecule has 3 rings (SSSR count). The zero-order chi connectivity index (χ0) is 16.4. The molecule has 0 N–H and O–H groups in total. The molecule has 0 unspecified atom stereocenters. The number of hydrogen-bond acceptors (Lipinski definition) is 2. The fraction of sp³-hybridized carbons (Fsp3) is 0.294. The van der Waals surface area contributed by atoms with Crippen molar-refractivity contribution in [2.45, 2.75) is 23.7 Å². The van der Waals surface area contributed by atoms with Crippen LogP contribution in [0.4, 0.5) is 4.39 Å². The summed E-state index contributed by atoms with van der Waals surface area (Å²) in [5.74, 6) is -0.0747. The number of rotatable bonds is 3. The first-order chi connectivity index (χ1) is 11.0. The van der Waals surface area contributed by atoms with Crippen LogP contribution in [0.2, 0.25) is 0 Å². The Bertz CT molecular complexity index is 787. The summed E-state index contributed by atoms with van der Waals surface area (Å²) in [7, 11) is -3.57. The molecule has 0 saturated carbocycles. The Kier molecular flexibility index (Phi) is 4.85. The molecule has 0 atom stereocenters. The van der Waals surface area contributed by atoms with Gasteiger partial charge in [0.15, 0.2) is 0 Å². The van der Waals surface area contributed by atoms with Crippen molar-refractivity contribution in [1.29, 1.82) is 0 Å². The number of sulfonamides is 1. The Labute approximate surface area is 144 Å². The van der Waals surface area contributed by atoms with Crippen LogP contribution in [0.3, 0.4) is 0 Å². The fourth-order valence-electron chi connectivity index (χ4n) is 2.94. The van der Waals surface area contributed by atoms with E-state index in [0.29, 0.717) is 19.0 Å². The lowest BCUT2D eigenvalue weighted by Gasteiger charge is -2.31. The Morgan fingerprint density at radius 1 is 1.04 bits per heavy atom. The maximum absolute atomic E-state index is 13.3. The van der Waals surface area contributed by atoms with Crippen LogP contribution in [0.1, 0.15) is 24.3 Å². The summed E-state index contributed by atoms with van der Waals surface area (Å²) in [6.45, 7) is 0.966. The monoisotopic (exact) mass is 397 g/mol. The van der Waals surface area contributed by atoms with Gasteiger partial charge in [0.2, 0.25) is 10.0 Å². The normalized spacial score (nSPS) is 17.3. The quantitative estimate of drug-likeness (QED) is 0.779. The highest BCUT2D eigenvalue weighted by Gasteiger charge is 2.30. The first kappa shape index (κ1) is 16.6. The van der Waals surface area contributed by atoms with E-state index in [2.05, 4.69) is 28.1 Å². The van der Waals surface area contributed by atoms with E-state index in [-0.39, 0.29) is 9.37 Å². The molecule has 0 spiro atoms. The van der Waals surface area contributed by atoms with Crippen LogP contribution in [0.25, 0.3) is 0 Å². The van der Waals surface area contributed by atoms with E-state index in [9.17, 15) is 12.8 Å². The van der Waals surface area contributed by atoms with Crippen LogP contribution >= 0.6 is 15.9 Å². The minimum absolute atomic E-state index is 0.129. The lowest BCUT2D eigenvalue weighted by Crippen LogP contribution is -2.37. The minimum atomic E-state index is -3.57. The average molecular weight is 398 g/mol. The van der Waals surface area contributed by atoms with Gasteiger partial charge in [0, 0.05) is 13.1 Å². The first-order valence-electron chi connectivity index (χ1n) is 7.48. The molecule has 3 nitrogen and oxygen atoms in total. The van der Waals surface area contributed by atoms with Crippen molar-refractivity contribution in [2.75, 3.05) is 13.1 Å². The maximum atomic E-state index is 13.3. The Hall–Kier alpha value is -1.24. The Morgan fingerprint density at radius 2 is 1.70 bits per heavy atom. The molecule has 23 heavy (non-hydrogen) atoms. The van der Waals surface area contributed by atoms with Crippen molar-refractivity contribution in [3.63, 3.8) is 0 Å². The molecular weight excluding hydrogens is 381 g/mol. The summed E-state index contributed by atoms with van der Waals surface area (Å²) in [5.41, 5.74) is 1.26. The molecule has 122 valence electrons. The van der Waals surface area contributed by atoms with Crippen LogP contribution in [0.5, 0.6) is 0 Å². The van der Waals surface area contributed by atoms with Crippen molar-refractivity contribution < 1.29 is 12.8 Å². The summed E-state index contributed by atoms with van der Waals surface area (Å²) < 4.78 is 40.3. The highest BCUT2D eigenvalue weighted by Crippen LogP contribution is 2.31. The summed E-state index contributed by atoms with van der Waals surface area (Å²) >= 11 is 3.04. The van der Waals surface area contributed by atoms with Crippen molar-refractivity contribution in [3.05, 3.63) is 64.4 Å². The van der Waals surface area contributed by atoms with Crippen LogP contribution in [-0.2, 0) is 10.0 Å². The molecule has 1 aliphatic heterocycles.